The Morgan fingerprint density at radius 1 is 0.486 bits per heavy atom. The van der Waals surface area contributed by atoms with Gasteiger partial charge in [-0.05, 0) is 51.4 Å². The van der Waals surface area contributed by atoms with Gasteiger partial charge in [0.2, 0.25) is 5.91 Å². The van der Waals surface area contributed by atoms with Gasteiger partial charge in [0.05, 0.1) is 39.9 Å². The van der Waals surface area contributed by atoms with E-state index >= 15 is 0 Å². The van der Waals surface area contributed by atoms with Crippen molar-refractivity contribution in [3.63, 3.8) is 0 Å². The second-order valence-electron chi connectivity index (χ2n) is 22.8. The van der Waals surface area contributed by atoms with Crippen LogP contribution in [0, 0.1) is 0 Å². The van der Waals surface area contributed by atoms with Crippen LogP contribution in [0.5, 0.6) is 0 Å². The van der Waals surface area contributed by atoms with E-state index in [0.717, 1.165) is 44.9 Å². The van der Waals surface area contributed by atoms with Gasteiger partial charge in [0.1, 0.15) is 13.2 Å². The molecule has 0 aliphatic rings. The summed E-state index contributed by atoms with van der Waals surface area (Å²) < 4.78 is 23.4. The normalized spacial score (nSPS) is 14.0. The van der Waals surface area contributed by atoms with Crippen LogP contribution in [-0.2, 0) is 18.4 Å². The maximum Gasteiger partial charge on any atom is 0.268 e. The summed E-state index contributed by atoms with van der Waals surface area (Å²) in [5.41, 5.74) is 0. The molecule has 8 nitrogen and oxygen atoms in total. The lowest BCUT2D eigenvalue weighted by atomic mass is 10.0. The number of amides is 1. The average Bonchev–Trinajstić information content (AvgIpc) is 3.34. The minimum absolute atomic E-state index is 0.000641. The third kappa shape index (κ3) is 56.4. The molecule has 0 fully saturated rings. The quantitative estimate of drug-likeness (QED) is 0.0272. The number of nitrogens with zero attached hydrogens (tertiary/aromatic N) is 1. The average molecular weight is 1040 g/mol. The number of quaternary nitrogens is 1. The van der Waals surface area contributed by atoms with Crippen LogP contribution >= 0.6 is 7.82 Å². The maximum atomic E-state index is 13.0. The first-order valence-corrected chi connectivity index (χ1v) is 32.8. The molecule has 0 saturated heterocycles. The number of likely N-dealkylation sites (N-methyl/N-ethyl adjacent to an activating group) is 1. The summed E-state index contributed by atoms with van der Waals surface area (Å²) in [4.78, 5) is 25.6. The molecule has 2 N–H and O–H groups in total. The van der Waals surface area contributed by atoms with Gasteiger partial charge < -0.3 is 28.8 Å². The molecule has 0 rings (SSSR count). The first-order valence-electron chi connectivity index (χ1n) is 31.4. The van der Waals surface area contributed by atoms with Crippen LogP contribution in [-0.4, -0.2) is 68.5 Å². The number of aliphatic hydroxyl groups excluding tert-OH is 1. The highest BCUT2D eigenvalue weighted by Gasteiger charge is 2.23. The van der Waals surface area contributed by atoms with Crippen molar-refractivity contribution in [3.05, 3.63) is 36.5 Å². The van der Waals surface area contributed by atoms with Gasteiger partial charge in [-0.3, -0.25) is 9.36 Å². The van der Waals surface area contributed by atoms with Crippen LogP contribution in [0.15, 0.2) is 36.5 Å². The second kappa shape index (κ2) is 54.5. The Morgan fingerprint density at radius 2 is 0.806 bits per heavy atom. The summed E-state index contributed by atoms with van der Waals surface area (Å²) in [5, 5.41) is 13.9. The number of unbranched alkanes of at least 4 members (excludes halogenated alkanes) is 41. The van der Waals surface area contributed by atoms with E-state index in [1.807, 2.05) is 27.2 Å². The van der Waals surface area contributed by atoms with Crippen LogP contribution in [0.3, 0.4) is 0 Å². The largest absolute Gasteiger partial charge is 0.756 e. The van der Waals surface area contributed by atoms with Crippen molar-refractivity contribution in [2.45, 2.75) is 321 Å². The van der Waals surface area contributed by atoms with Crippen LogP contribution in [0.2, 0.25) is 0 Å². The molecule has 0 heterocycles. The van der Waals surface area contributed by atoms with Crippen molar-refractivity contribution < 1.29 is 32.9 Å². The summed E-state index contributed by atoms with van der Waals surface area (Å²) >= 11 is 0. The molecule has 3 atom stereocenters. The Hall–Kier alpha value is -1.28. The SMILES string of the molecule is CCCCCCCCCCC/C=C\C/C=C\CCCCCCCCCCCCCC(=O)NC(COP(=O)([O-])OCC[N+](C)(C)C)C(O)/C=C/CCCCCCCCCCCCCCCCCCCCCCC. The van der Waals surface area contributed by atoms with Crippen LogP contribution in [0.25, 0.3) is 0 Å². The molecule has 0 spiro atoms. The molecular formula is C63H123N2O6P. The predicted molar refractivity (Wildman–Crippen MR) is 311 cm³/mol. The number of nitrogens with one attached hydrogen (secondary N) is 1. The van der Waals surface area contributed by atoms with Gasteiger partial charge in [-0.1, -0.05) is 288 Å². The Balaban J connectivity index is 4.15. The summed E-state index contributed by atoms with van der Waals surface area (Å²) in [7, 11) is 1.27. The number of carbonyl (C=O) groups excluding carboxylic acids is 1. The molecule has 426 valence electrons. The molecule has 0 aromatic heterocycles. The second-order valence-corrected chi connectivity index (χ2v) is 24.2. The fraction of sp³-hybridized carbons (Fsp3) is 0.889. The first kappa shape index (κ1) is 70.7. The number of hydrogen-bond acceptors (Lipinski definition) is 6. The summed E-state index contributed by atoms with van der Waals surface area (Å²) in [5.74, 6) is -0.195. The zero-order valence-electron chi connectivity index (χ0n) is 48.6. The third-order valence-electron chi connectivity index (χ3n) is 14.3. The van der Waals surface area contributed by atoms with Crippen molar-refractivity contribution in [3.8, 4) is 0 Å². The van der Waals surface area contributed by atoms with Crippen molar-refractivity contribution in [2.24, 2.45) is 0 Å². The fourth-order valence-corrected chi connectivity index (χ4v) is 10.1. The lowest BCUT2D eigenvalue weighted by molar-refractivity contribution is -0.870. The Kier molecular flexibility index (Phi) is 53.5. The van der Waals surface area contributed by atoms with Gasteiger partial charge in [0.25, 0.3) is 7.82 Å². The highest BCUT2D eigenvalue weighted by atomic mass is 31.2. The highest BCUT2D eigenvalue weighted by Crippen LogP contribution is 2.38. The molecule has 0 radical (unpaired) electrons. The standard InChI is InChI=1S/C63H123N2O6P/c1-6-8-10-12-14-16-18-20-22-24-26-28-30-31-32-33-35-37-39-41-43-45-47-49-51-53-55-57-63(67)64-61(60-71-72(68,69)70-59-58-65(3,4)5)62(66)56-54-52-50-48-46-44-42-40-38-36-34-29-27-25-23-21-19-17-15-13-11-9-7-2/h26,28,31-32,54,56,61-62,66H,6-25,27,29-30,33-53,55,57-60H2,1-5H3,(H-,64,67,68,69)/b28-26-,32-31-,56-54+. The summed E-state index contributed by atoms with van der Waals surface area (Å²) in [6.07, 6.45) is 70.9. The lowest BCUT2D eigenvalue weighted by Crippen LogP contribution is -2.45. The number of hydrogen-bond donors (Lipinski definition) is 2. The topological polar surface area (TPSA) is 108 Å². The monoisotopic (exact) mass is 1030 g/mol. The number of phosphoric acid groups is 1. The minimum Gasteiger partial charge on any atom is -0.756 e. The van der Waals surface area contributed by atoms with Crippen LogP contribution in [0.1, 0.15) is 309 Å². The van der Waals surface area contributed by atoms with E-state index in [-0.39, 0.29) is 19.1 Å². The van der Waals surface area contributed by atoms with Crippen LogP contribution < -0.4 is 10.2 Å². The third-order valence-corrected chi connectivity index (χ3v) is 15.3. The number of phosphoric ester groups is 1. The zero-order chi connectivity index (χ0) is 52.7. The number of rotatable bonds is 58. The van der Waals surface area contributed by atoms with Crippen molar-refractivity contribution >= 4 is 13.7 Å². The van der Waals surface area contributed by atoms with E-state index in [2.05, 4.69) is 43.5 Å². The molecule has 9 heteroatoms. The van der Waals surface area contributed by atoms with E-state index in [1.54, 1.807) is 6.08 Å². The number of allylic oxidation sites excluding steroid dienone is 5. The van der Waals surface area contributed by atoms with Gasteiger partial charge >= 0.3 is 0 Å². The van der Waals surface area contributed by atoms with E-state index in [0.29, 0.717) is 17.4 Å². The van der Waals surface area contributed by atoms with Gasteiger partial charge in [0.15, 0.2) is 0 Å². The Bertz CT molecular complexity index is 1270. The van der Waals surface area contributed by atoms with Gasteiger partial charge in [-0.15, -0.1) is 0 Å². The number of carbonyl (C=O) groups is 1. The number of aliphatic hydroxyl groups is 1. The molecule has 72 heavy (non-hydrogen) atoms. The molecule has 0 saturated carbocycles. The van der Waals surface area contributed by atoms with Crippen molar-refractivity contribution in [2.75, 3.05) is 40.9 Å². The minimum atomic E-state index is -4.60. The van der Waals surface area contributed by atoms with E-state index in [9.17, 15) is 19.4 Å². The van der Waals surface area contributed by atoms with Gasteiger partial charge in [-0.25, -0.2) is 0 Å². The molecule has 3 unspecified atom stereocenters. The fourth-order valence-electron chi connectivity index (χ4n) is 9.42. The maximum absolute atomic E-state index is 13.0. The van der Waals surface area contributed by atoms with Gasteiger partial charge in [0, 0.05) is 6.42 Å². The molecule has 0 aromatic carbocycles. The van der Waals surface area contributed by atoms with E-state index in [4.69, 9.17) is 9.05 Å². The summed E-state index contributed by atoms with van der Waals surface area (Å²) in [6, 6.07) is -0.888. The predicted octanol–water partition coefficient (Wildman–Crippen LogP) is 18.7. The van der Waals surface area contributed by atoms with Gasteiger partial charge in [-0.2, -0.15) is 0 Å². The van der Waals surface area contributed by atoms with E-state index < -0.39 is 20.0 Å². The molecule has 0 aliphatic heterocycles. The van der Waals surface area contributed by atoms with Crippen LogP contribution in [0.4, 0.5) is 0 Å². The molecular weight excluding hydrogens is 912 g/mol. The lowest BCUT2D eigenvalue weighted by Gasteiger charge is -2.29. The molecule has 0 bridgehead atoms. The Labute approximate surface area is 448 Å². The molecule has 0 aromatic rings. The zero-order valence-corrected chi connectivity index (χ0v) is 49.5. The van der Waals surface area contributed by atoms with E-state index in [1.165, 1.54) is 244 Å². The smallest absolute Gasteiger partial charge is 0.268 e. The van der Waals surface area contributed by atoms with Crippen molar-refractivity contribution in [1.82, 2.24) is 5.32 Å². The van der Waals surface area contributed by atoms with Crippen molar-refractivity contribution in [1.29, 1.82) is 0 Å². The highest BCUT2D eigenvalue weighted by molar-refractivity contribution is 7.45. The summed E-state index contributed by atoms with van der Waals surface area (Å²) in [6.45, 7) is 4.69. The molecule has 1 amide bonds. The Morgan fingerprint density at radius 3 is 1.15 bits per heavy atom. The first-order chi connectivity index (χ1) is 35.0. The molecule has 0 aliphatic carbocycles.